The summed E-state index contributed by atoms with van der Waals surface area (Å²) >= 11 is 3.50. The van der Waals surface area contributed by atoms with Gasteiger partial charge < -0.3 is 4.74 Å². The molecule has 0 aliphatic heterocycles. The van der Waals surface area contributed by atoms with E-state index in [0.29, 0.717) is 12.8 Å². The van der Waals surface area contributed by atoms with E-state index >= 15 is 0 Å². The van der Waals surface area contributed by atoms with Crippen molar-refractivity contribution in [1.29, 1.82) is 0 Å². The molecule has 0 saturated heterocycles. The number of rotatable bonds is 7. The van der Waals surface area contributed by atoms with Gasteiger partial charge in [0.25, 0.3) is 0 Å². The number of hydrogen-bond acceptors (Lipinski definition) is 3. The quantitative estimate of drug-likeness (QED) is 0.777. The molecular weight excluding hydrogens is 296 g/mol. The third-order valence-electron chi connectivity index (χ3n) is 3.05. The molecule has 0 bridgehead atoms. The van der Waals surface area contributed by atoms with Crippen LogP contribution in [-0.4, -0.2) is 28.8 Å². The van der Waals surface area contributed by atoms with Crippen LogP contribution in [0.1, 0.15) is 38.1 Å². The van der Waals surface area contributed by atoms with Gasteiger partial charge in [0.1, 0.15) is 5.78 Å². The lowest BCUT2D eigenvalue weighted by Gasteiger charge is -2.09. The summed E-state index contributed by atoms with van der Waals surface area (Å²) in [7, 11) is 1.67. The lowest BCUT2D eigenvalue weighted by atomic mass is 10.1. The summed E-state index contributed by atoms with van der Waals surface area (Å²) in [5.41, 5.74) is 1.91. The number of hydrogen-bond donors (Lipinski definition) is 0. The smallest absolute Gasteiger partial charge is 0.138 e. The standard InChI is InChI=1S/C13H21BrN2O2/c1-5-16-12(13(14)10(3)15-16)8-11(17)7-6-9(2)18-4/h9H,5-8H2,1-4H3. The van der Waals surface area contributed by atoms with E-state index in [4.69, 9.17) is 4.74 Å². The van der Waals surface area contributed by atoms with Crippen LogP contribution in [0.3, 0.4) is 0 Å². The normalized spacial score (nSPS) is 12.7. The molecule has 1 unspecified atom stereocenters. The van der Waals surface area contributed by atoms with E-state index < -0.39 is 0 Å². The highest BCUT2D eigenvalue weighted by molar-refractivity contribution is 9.10. The molecule has 4 nitrogen and oxygen atoms in total. The number of carbonyl (C=O) groups excluding carboxylic acids is 1. The Morgan fingerprint density at radius 2 is 2.22 bits per heavy atom. The number of carbonyl (C=O) groups is 1. The monoisotopic (exact) mass is 316 g/mol. The topological polar surface area (TPSA) is 44.1 Å². The Morgan fingerprint density at radius 3 is 2.78 bits per heavy atom. The maximum absolute atomic E-state index is 11.9. The Kier molecular flexibility index (Phi) is 6.02. The summed E-state index contributed by atoms with van der Waals surface area (Å²) < 4.78 is 7.99. The van der Waals surface area contributed by atoms with Crippen LogP contribution in [0, 0.1) is 6.92 Å². The molecule has 102 valence electrons. The van der Waals surface area contributed by atoms with Crippen LogP contribution in [-0.2, 0) is 22.5 Å². The van der Waals surface area contributed by atoms with Gasteiger partial charge in [-0.2, -0.15) is 5.10 Å². The third kappa shape index (κ3) is 3.92. The molecule has 5 heteroatoms. The number of methoxy groups -OCH3 is 1. The highest BCUT2D eigenvalue weighted by atomic mass is 79.9. The van der Waals surface area contributed by atoms with Gasteiger partial charge >= 0.3 is 0 Å². The predicted molar refractivity (Wildman–Crippen MR) is 74.8 cm³/mol. The van der Waals surface area contributed by atoms with Gasteiger partial charge in [-0.05, 0) is 43.1 Å². The summed E-state index contributed by atoms with van der Waals surface area (Å²) in [5.74, 6) is 0.231. The number of nitrogens with zero attached hydrogens (tertiary/aromatic N) is 2. The molecule has 0 fully saturated rings. The van der Waals surface area contributed by atoms with E-state index in [0.717, 1.165) is 28.8 Å². The van der Waals surface area contributed by atoms with Crippen molar-refractivity contribution in [3.8, 4) is 0 Å². The first-order valence-electron chi connectivity index (χ1n) is 6.25. The minimum Gasteiger partial charge on any atom is -0.382 e. The Labute approximate surface area is 117 Å². The Hall–Kier alpha value is -0.680. The van der Waals surface area contributed by atoms with Crippen LogP contribution >= 0.6 is 15.9 Å². The minimum atomic E-state index is 0.134. The lowest BCUT2D eigenvalue weighted by Crippen LogP contribution is -2.13. The largest absolute Gasteiger partial charge is 0.382 e. The number of aryl methyl sites for hydroxylation is 2. The second kappa shape index (κ2) is 7.04. The average molecular weight is 317 g/mol. The second-order valence-electron chi connectivity index (χ2n) is 4.46. The van der Waals surface area contributed by atoms with Gasteiger partial charge in [0.15, 0.2) is 0 Å². The van der Waals surface area contributed by atoms with Crippen molar-refractivity contribution in [3.05, 3.63) is 15.9 Å². The van der Waals surface area contributed by atoms with Crippen molar-refractivity contribution < 1.29 is 9.53 Å². The zero-order valence-electron chi connectivity index (χ0n) is 11.5. The van der Waals surface area contributed by atoms with Crippen molar-refractivity contribution in [2.75, 3.05) is 7.11 Å². The second-order valence-corrected chi connectivity index (χ2v) is 5.26. The molecule has 0 saturated carbocycles. The van der Waals surface area contributed by atoms with Gasteiger partial charge in [-0.1, -0.05) is 0 Å². The van der Waals surface area contributed by atoms with Crippen molar-refractivity contribution >= 4 is 21.7 Å². The third-order valence-corrected chi connectivity index (χ3v) is 4.08. The number of halogens is 1. The fraction of sp³-hybridized carbons (Fsp3) is 0.692. The van der Waals surface area contributed by atoms with Crippen molar-refractivity contribution in [2.24, 2.45) is 0 Å². The summed E-state index contributed by atoms with van der Waals surface area (Å²) in [6.07, 6.45) is 1.89. The van der Waals surface area contributed by atoms with E-state index in [1.54, 1.807) is 7.11 Å². The first-order valence-corrected chi connectivity index (χ1v) is 7.05. The Bertz CT molecular complexity index is 415. The first-order chi connectivity index (χ1) is 8.49. The molecule has 0 amide bonds. The van der Waals surface area contributed by atoms with E-state index in [9.17, 15) is 4.79 Å². The molecule has 0 aliphatic carbocycles. The van der Waals surface area contributed by atoms with E-state index in [1.165, 1.54) is 0 Å². The van der Waals surface area contributed by atoms with Crippen molar-refractivity contribution in [2.45, 2.75) is 52.7 Å². The first kappa shape index (κ1) is 15.4. The van der Waals surface area contributed by atoms with Crippen molar-refractivity contribution in [3.63, 3.8) is 0 Å². The SMILES string of the molecule is CCn1nc(C)c(Br)c1CC(=O)CCC(C)OC. The minimum absolute atomic E-state index is 0.134. The molecule has 1 heterocycles. The highest BCUT2D eigenvalue weighted by Gasteiger charge is 2.16. The molecule has 0 N–H and O–H groups in total. The molecule has 0 spiro atoms. The van der Waals surface area contributed by atoms with Gasteiger partial charge in [0.2, 0.25) is 0 Å². The maximum Gasteiger partial charge on any atom is 0.138 e. The van der Waals surface area contributed by atoms with Crippen LogP contribution in [0.25, 0.3) is 0 Å². The van der Waals surface area contributed by atoms with Crippen LogP contribution in [0.5, 0.6) is 0 Å². The number of ketones is 1. The fourth-order valence-electron chi connectivity index (χ4n) is 1.80. The van der Waals surface area contributed by atoms with Gasteiger partial charge in [0, 0.05) is 26.5 Å². The zero-order valence-corrected chi connectivity index (χ0v) is 13.1. The van der Waals surface area contributed by atoms with Gasteiger partial charge in [-0.25, -0.2) is 0 Å². The molecule has 1 aromatic rings. The molecule has 1 atom stereocenters. The summed E-state index contributed by atoms with van der Waals surface area (Å²) in [6.45, 7) is 6.73. The van der Waals surface area contributed by atoms with E-state index in [-0.39, 0.29) is 11.9 Å². The molecule has 0 radical (unpaired) electrons. The molecule has 0 aliphatic rings. The Balaban J connectivity index is 2.64. The summed E-state index contributed by atoms with van der Waals surface area (Å²) in [6, 6.07) is 0. The van der Waals surface area contributed by atoms with Crippen molar-refractivity contribution in [1.82, 2.24) is 9.78 Å². The molecule has 1 aromatic heterocycles. The van der Waals surface area contributed by atoms with Crippen LogP contribution < -0.4 is 0 Å². The van der Waals surface area contributed by atoms with E-state index in [1.807, 2.05) is 25.5 Å². The average Bonchev–Trinajstić information content (AvgIpc) is 2.63. The summed E-state index contributed by atoms with van der Waals surface area (Å²) in [4.78, 5) is 11.9. The lowest BCUT2D eigenvalue weighted by molar-refractivity contribution is -0.119. The zero-order chi connectivity index (χ0) is 13.7. The van der Waals surface area contributed by atoms with E-state index in [2.05, 4.69) is 21.0 Å². The van der Waals surface area contributed by atoms with Crippen LogP contribution in [0.2, 0.25) is 0 Å². The van der Waals surface area contributed by atoms with Crippen LogP contribution in [0.15, 0.2) is 4.47 Å². The van der Waals surface area contributed by atoms with Crippen LogP contribution in [0.4, 0.5) is 0 Å². The maximum atomic E-state index is 11.9. The molecule has 0 aromatic carbocycles. The molecular formula is C13H21BrN2O2. The Morgan fingerprint density at radius 1 is 1.56 bits per heavy atom. The number of aromatic nitrogens is 2. The van der Waals surface area contributed by atoms with Gasteiger partial charge in [0.05, 0.1) is 22.0 Å². The predicted octanol–water partition coefficient (Wildman–Crippen LogP) is 2.90. The number of Topliss-reactive ketones (excluding diaryl/α,β-unsaturated/α-hetero) is 1. The highest BCUT2D eigenvalue weighted by Crippen LogP contribution is 2.22. The fourth-order valence-corrected chi connectivity index (χ4v) is 2.22. The molecule has 18 heavy (non-hydrogen) atoms. The molecule has 1 rings (SSSR count). The summed E-state index contributed by atoms with van der Waals surface area (Å²) in [5, 5.41) is 4.39. The van der Waals surface area contributed by atoms with Gasteiger partial charge in [-0.15, -0.1) is 0 Å². The number of ether oxygens (including phenoxy) is 1. The van der Waals surface area contributed by atoms with Gasteiger partial charge in [-0.3, -0.25) is 9.48 Å².